The Morgan fingerprint density at radius 2 is 2.30 bits per heavy atom. The molecule has 2 aromatic rings. The lowest BCUT2D eigenvalue weighted by atomic mass is 10.2. The molecule has 0 aliphatic rings. The first-order valence-electron chi connectivity index (χ1n) is 6.61. The molecule has 0 saturated carbocycles. The van der Waals surface area contributed by atoms with E-state index in [1.165, 1.54) is 6.20 Å². The minimum Gasteiger partial charge on any atom is -0.462 e. The first-order chi connectivity index (χ1) is 9.79. The van der Waals surface area contributed by atoms with Crippen molar-refractivity contribution in [3.63, 3.8) is 0 Å². The molecule has 0 aliphatic heterocycles. The molecule has 0 fully saturated rings. The van der Waals surface area contributed by atoms with Crippen molar-refractivity contribution in [2.75, 3.05) is 18.5 Å². The van der Waals surface area contributed by atoms with E-state index >= 15 is 0 Å². The van der Waals surface area contributed by atoms with Crippen LogP contribution in [0.5, 0.6) is 0 Å². The minimum absolute atomic E-state index is 0.345. The smallest absolute Gasteiger partial charge is 0.339 e. The van der Waals surface area contributed by atoms with Gasteiger partial charge in [0, 0.05) is 37.9 Å². The van der Waals surface area contributed by atoms with Crippen LogP contribution in [0, 0.1) is 0 Å². The Bertz CT molecular complexity index is 540. The maximum Gasteiger partial charge on any atom is 0.339 e. The molecule has 6 nitrogen and oxygen atoms in total. The first-order valence-corrected chi connectivity index (χ1v) is 6.61. The van der Waals surface area contributed by atoms with Crippen LogP contribution in [0.25, 0.3) is 0 Å². The highest BCUT2D eigenvalue weighted by atomic mass is 16.5. The average Bonchev–Trinajstić information content (AvgIpc) is 2.97. The number of hydrogen-bond acceptors (Lipinski definition) is 5. The molecule has 0 atom stereocenters. The first kappa shape index (κ1) is 14.0. The van der Waals surface area contributed by atoms with Crippen LogP contribution in [0.15, 0.2) is 37.2 Å². The number of anilines is 1. The minimum atomic E-state index is -0.345. The van der Waals surface area contributed by atoms with Gasteiger partial charge in [-0.15, -0.1) is 0 Å². The average molecular weight is 274 g/mol. The molecule has 0 unspecified atom stereocenters. The van der Waals surface area contributed by atoms with Crippen LogP contribution in [0.2, 0.25) is 0 Å². The molecule has 6 heteroatoms. The number of rotatable bonds is 7. The quantitative estimate of drug-likeness (QED) is 0.617. The summed E-state index contributed by atoms with van der Waals surface area (Å²) in [5.74, 6) is -0.345. The third kappa shape index (κ3) is 4.08. The zero-order valence-electron chi connectivity index (χ0n) is 11.5. The molecule has 2 rings (SSSR count). The van der Waals surface area contributed by atoms with E-state index in [2.05, 4.69) is 15.3 Å². The molecular weight excluding hydrogens is 256 g/mol. The summed E-state index contributed by atoms with van der Waals surface area (Å²) in [6.07, 6.45) is 9.65. The van der Waals surface area contributed by atoms with E-state index in [1.54, 1.807) is 31.7 Å². The number of nitrogens with one attached hydrogen (secondary N) is 1. The number of pyridine rings is 1. The van der Waals surface area contributed by atoms with Crippen molar-refractivity contribution in [1.82, 2.24) is 14.5 Å². The van der Waals surface area contributed by atoms with Gasteiger partial charge in [-0.25, -0.2) is 9.78 Å². The van der Waals surface area contributed by atoms with Crippen molar-refractivity contribution in [1.29, 1.82) is 0 Å². The molecule has 0 bridgehead atoms. The normalized spacial score (nSPS) is 10.2. The van der Waals surface area contributed by atoms with Gasteiger partial charge in [0.05, 0.1) is 24.2 Å². The zero-order valence-corrected chi connectivity index (χ0v) is 11.5. The predicted octanol–water partition coefficient (Wildman–Crippen LogP) is 1.96. The van der Waals surface area contributed by atoms with Gasteiger partial charge in [-0.05, 0) is 19.4 Å². The van der Waals surface area contributed by atoms with Crippen LogP contribution in [0.4, 0.5) is 5.69 Å². The van der Waals surface area contributed by atoms with Crippen molar-refractivity contribution in [2.24, 2.45) is 0 Å². The summed E-state index contributed by atoms with van der Waals surface area (Å²) in [6, 6.07) is 1.75. The third-order valence-electron chi connectivity index (χ3n) is 2.73. The highest BCUT2D eigenvalue weighted by Gasteiger charge is 2.07. The van der Waals surface area contributed by atoms with Crippen molar-refractivity contribution in [2.45, 2.75) is 19.9 Å². The van der Waals surface area contributed by atoms with E-state index in [-0.39, 0.29) is 5.97 Å². The number of nitrogens with zero attached hydrogens (tertiary/aromatic N) is 3. The summed E-state index contributed by atoms with van der Waals surface area (Å²) in [4.78, 5) is 19.6. The molecule has 0 amide bonds. The topological polar surface area (TPSA) is 69.0 Å². The Hall–Kier alpha value is -2.37. The Balaban J connectivity index is 1.80. The number of aryl methyl sites for hydroxylation is 1. The summed E-state index contributed by atoms with van der Waals surface area (Å²) in [5, 5.41) is 3.24. The molecule has 2 aromatic heterocycles. The fourth-order valence-electron chi connectivity index (χ4n) is 1.78. The van der Waals surface area contributed by atoms with E-state index in [0.717, 1.165) is 25.2 Å². The second-order valence-electron chi connectivity index (χ2n) is 4.26. The van der Waals surface area contributed by atoms with Gasteiger partial charge >= 0.3 is 5.97 Å². The Labute approximate surface area is 117 Å². The predicted molar refractivity (Wildman–Crippen MR) is 75.5 cm³/mol. The van der Waals surface area contributed by atoms with Gasteiger partial charge in [-0.3, -0.25) is 4.98 Å². The second kappa shape index (κ2) is 7.28. The van der Waals surface area contributed by atoms with Crippen molar-refractivity contribution >= 4 is 11.7 Å². The summed E-state index contributed by atoms with van der Waals surface area (Å²) >= 11 is 0. The SMILES string of the molecule is CCOC(=O)c1cncc(NCCCn2ccnc2)c1. The lowest BCUT2D eigenvalue weighted by Gasteiger charge is -2.08. The van der Waals surface area contributed by atoms with Crippen LogP contribution >= 0.6 is 0 Å². The number of imidazole rings is 1. The summed E-state index contributed by atoms with van der Waals surface area (Å²) in [5.41, 5.74) is 1.28. The van der Waals surface area contributed by atoms with E-state index in [4.69, 9.17) is 4.74 Å². The molecule has 0 spiro atoms. The third-order valence-corrected chi connectivity index (χ3v) is 2.73. The zero-order chi connectivity index (χ0) is 14.2. The van der Waals surface area contributed by atoms with Crippen LogP contribution in [0.1, 0.15) is 23.7 Å². The van der Waals surface area contributed by atoms with Crippen molar-refractivity contribution in [3.05, 3.63) is 42.7 Å². The fraction of sp³-hybridized carbons (Fsp3) is 0.357. The van der Waals surface area contributed by atoms with E-state index in [1.807, 2.05) is 10.8 Å². The van der Waals surface area contributed by atoms with Gasteiger partial charge in [0.25, 0.3) is 0 Å². The molecule has 0 saturated heterocycles. The molecule has 106 valence electrons. The van der Waals surface area contributed by atoms with Gasteiger partial charge in [0.2, 0.25) is 0 Å². The lowest BCUT2D eigenvalue weighted by Crippen LogP contribution is -2.08. The molecule has 2 heterocycles. The van der Waals surface area contributed by atoms with Gasteiger partial charge in [0.1, 0.15) is 0 Å². The fourth-order valence-corrected chi connectivity index (χ4v) is 1.78. The van der Waals surface area contributed by atoms with Crippen molar-refractivity contribution in [3.8, 4) is 0 Å². The Morgan fingerprint density at radius 1 is 1.40 bits per heavy atom. The van der Waals surface area contributed by atoms with E-state index in [9.17, 15) is 4.79 Å². The van der Waals surface area contributed by atoms with Crippen LogP contribution in [-0.4, -0.2) is 33.7 Å². The van der Waals surface area contributed by atoms with Crippen LogP contribution in [-0.2, 0) is 11.3 Å². The number of aromatic nitrogens is 3. The molecular formula is C14H18N4O2. The number of esters is 1. The molecule has 0 aliphatic carbocycles. The highest BCUT2D eigenvalue weighted by Crippen LogP contribution is 2.09. The molecule has 0 aromatic carbocycles. The highest BCUT2D eigenvalue weighted by molar-refractivity contribution is 5.90. The van der Waals surface area contributed by atoms with Gasteiger partial charge in [-0.1, -0.05) is 0 Å². The van der Waals surface area contributed by atoms with Crippen LogP contribution in [0.3, 0.4) is 0 Å². The second-order valence-corrected chi connectivity index (χ2v) is 4.26. The van der Waals surface area contributed by atoms with E-state index < -0.39 is 0 Å². The Kier molecular flexibility index (Phi) is 5.11. The van der Waals surface area contributed by atoms with Crippen LogP contribution < -0.4 is 5.32 Å². The molecule has 20 heavy (non-hydrogen) atoms. The maximum atomic E-state index is 11.6. The lowest BCUT2D eigenvalue weighted by molar-refractivity contribution is 0.0526. The monoisotopic (exact) mass is 274 g/mol. The number of carbonyl (C=O) groups is 1. The van der Waals surface area contributed by atoms with Gasteiger partial charge < -0.3 is 14.6 Å². The summed E-state index contributed by atoms with van der Waals surface area (Å²) in [7, 11) is 0. The summed E-state index contributed by atoms with van der Waals surface area (Å²) < 4.78 is 6.96. The number of carbonyl (C=O) groups excluding carboxylic acids is 1. The van der Waals surface area contributed by atoms with Gasteiger partial charge in [-0.2, -0.15) is 0 Å². The number of hydrogen-bond donors (Lipinski definition) is 1. The number of ether oxygens (including phenoxy) is 1. The Morgan fingerprint density at radius 3 is 3.05 bits per heavy atom. The van der Waals surface area contributed by atoms with Crippen molar-refractivity contribution < 1.29 is 9.53 Å². The molecule has 0 radical (unpaired) electrons. The molecule has 1 N–H and O–H groups in total. The standard InChI is InChI=1S/C14H18N4O2/c1-2-20-14(19)12-8-13(10-16-9-12)17-4-3-6-18-7-5-15-11-18/h5,7-11,17H,2-4,6H2,1H3. The maximum absolute atomic E-state index is 11.6. The largest absolute Gasteiger partial charge is 0.462 e. The van der Waals surface area contributed by atoms with Gasteiger partial charge in [0.15, 0.2) is 0 Å². The summed E-state index contributed by atoms with van der Waals surface area (Å²) in [6.45, 7) is 3.84. The van der Waals surface area contributed by atoms with E-state index in [0.29, 0.717) is 12.2 Å².